The Balaban J connectivity index is 0.00000312. The van der Waals surface area contributed by atoms with Gasteiger partial charge in [-0.25, -0.2) is 9.18 Å². The number of aryl methyl sites for hydroxylation is 2. The summed E-state index contributed by atoms with van der Waals surface area (Å²) in [6.45, 7) is 2.59. The van der Waals surface area contributed by atoms with Crippen LogP contribution >= 0.6 is 23.2 Å². The largest absolute Gasteiger partial charge is 0.465 e. The number of methoxy groups -OCH3 is 1. The first-order chi connectivity index (χ1) is 20.7. The molecule has 1 saturated heterocycles. The first-order valence-electron chi connectivity index (χ1n) is 14.7. The monoisotopic (exact) mass is 634 g/mol. The van der Waals surface area contributed by atoms with Gasteiger partial charge >= 0.3 is 5.97 Å². The van der Waals surface area contributed by atoms with E-state index in [4.69, 9.17) is 33.0 Å². The van der Waals surface area contributed by atoms with Crippen LogP contribution in [0.25, 0.3) is 10.9 Å². The average molecular weight is 636 g/mol. The molecule has 4 aromatic rings. The number of anilines is 1. The quantitative estimate of drug-likeness (QED) is 0.236. The van der Waals surface area contributed by atoms with E-state index in [1.165, 1.54) is 13.2 Å². The van der Waals surface area contributed by atoms with Crippen molar-refractivity contribution in [2.24, 2.45) is 5.92 Å². The molecule has 7 nitrogen and oxygen atoms in total. The lowest BCUT2D eigenvalue weighted by Gasteiger charge is -2.39. The Morgan fingerprint density at radius 2 is 1.95 bits per heavy atom. The second-order valence-corrected chi connectivity index (χ2v) is 13.1. The van der Waals surface area contributed by atoms with E-state index in [0.717, 1.165) is 54.4 Å². The van der Waals surface area contributed by atoms with E-state index in [1.54, 1.807) is 30.3 Å². The molecule has 1 amide bonds. The van der Waals surface area contributed by atoms with Gasteiger partial charge in [-0.05, 0) is 73.9 Å². The van der Waals surface area contributed by atoms with Gasteiger partial charge in [-0.15, -0.1) is 0 Å². The highest BCUT2D eigenvalue weighted by atomic mass is 35.5. The van der Waals surface area contributed by atoms with Gasteiger partial charge in [0.05, 0.1) is 29.3 Å². The lowest BCUT2D eigenvalue weighted by molar-refractivity contribution is -0.128. The fraction of sp³-hybridized carbons (Fsp3) is 0.382. The van der Waals surface area contributed by atoms with Gasteiger partial charge in [-0.2, -0.15) is 5.10 Å². The molecule has 1 saturated carbocycles. The smallest absolute Gasteiger partial charge is 0.338 e. The number of esters is 1. The van der Waals surface area contributed by atoms with Crippen molar-refractivity contribution in [3.8, 4) is 0 Å². The fourth-order valence-electron chi connectivity index (χ4n) is 8.10. The van der Waals surface area contributed by atoms with Crippen molar-refractivity contribution >= 4 is 51.7 Å². The predicted octanol–water partition coefficient (Wildman–Crippen LogP) is 7.43. The second kappa shape index (κ2) is 10.3. The number of nitrogens with one attached hydrogen (secondary N) is 1. The molecule has 1 spiro atoms. The molecule has 1 aliphatic carbocycles. The van der Waals surface area contributed by atoms with Crippen LogP contribution < -0.4 is 5.32 Å². The molecule has 8 rings (SSSR count). The van der Waals surface area contributed by atoms with E-state index < -0.39 is 23.2 Å². The number of fused-ring (bicyclic) bond motifs is 7. The number of likely N-dealkylation sites (tertiary alicyclic amines) is 1. The van der Waals surface area contributed by atoms with E-state index >= 15 is 4.39 Å². The van der Waals surface area contributed by atoms with E-state index in [0.29, 0.717) is 33.3 Å². The number of rotatable bonds is 4. The molecular weight excluding hydrogens is 602 g/mol. The van der Waals surface area contributed by atoms with E-state index in [-0.39, 0.29) is 30.4 Å². The molecule has 228 valence electrons. The van der Waals surface area contributed by atoms with Crippen LogP contribution in [0.15, 0.2) is 48.5 Å². The van der Waals surface area contributed by atoms with Gasteiger partial charge in [-0.3, -0.25) is 14.4 Å². The maximum absolute atomic E-state index is 16.3. The van der Waals surface area contributed by atoms with Gasteiger partial charge in [0.1, 0.15) is 11.4 Å². The first-order valence-corrected chi connectivity index (χ1v) is 15.4. The average Bonchev–Trinajstić information content (AvgIpc) is 3.57. The third-order valence-electron chi connectivity index (χ3n) is 10.1. The zero-order valence-corrected chi connectivity index (χ0v) is 25.2. The van der Waals surface area contributed by atoms with Gasteiger partial charge in [-0.1, -0.05) is 54.9 Å². The minimum absolute atomic E-state index is 0. The number of aromatic nitrogens is 2. The van der Waals surface area contributed by atoms with Crippen molar-refractivity contribution in [2.45, 2.75) is 63.6 Å². The normalized spacial score (nSPS) is 25.4. The summed E-state index contributed by atoms with van der Waals surface area (Å²) in [6.07, 6.45) is 3.70. The molecule has 0 unspecified atom stereocenters. The van der Waals surface area contributed by atoms with Gasteiger partial charge in [0.25, 0.3) is 0 Å². The maximum atomic E-state index is 16.3. The standard InChI is InChI=1S/C33H29Cl2FN4O3.CH4/c1-16-19(31(41)43-2)9-10-20-25-12-13-26-30(40(25)38-29(16)20)27(21-4-3-5-23(35)28(21)36)33(39(26)15-17-6-7-17)22-11-8-18(34)14-24(22)37-32(33)42;/h3-5,8-11,14,17,26-27,30H,6-7,12-13,15H2,1-2H3,(H,37,42);1H4/t26-,27-,30+,33+;/m0./s1. The van der Waals surface area contributed by atoms with Crippen molar-refractivity contribution in [1.29, 1.82) is 0 Å². The minimum Gasteiger partial charge on any atom is -0.465 e. The molecule has 44 heavy (non-hydrogen) atoms. The molecule has 0 radical (unpaired) electrons. The van der Waals surface area contributed by atoms with Gasteiger partial charge in [0.2, 0.25) is 5.91 Å². The molecule has 1 aromatic heterocycles. The summed E-state index contributed by atoms with van der Waals surface area (Å²) in [7, 11) is 1.36. The van der Waals surface area contributed by atoms with Crippen molar-refractivity contribution in [3.63, 3.8) is 0 Å². The Kier molecular flexibility index (Phi) is 6.84. The lowest BCUT2D eigenvalue weighted by atomic mass is 9.73. The van der Waals surface area contributed by atoms with Gasteiger partial charge < -0.3 is 10.1 Å². The van der Waals surface area contributed by atoms with Crippen LogP contribution in [0.4, 0.5) is 10.1 Å². The number of hydrogen-bond donors (Lipinski definition) is 1. The van der Waals surface area contributed by atoms with Crippen molar-refractivity contribution in [1.82, 2.24) is 14.7 Å². The fourth-order valence-corrected chi connectivity index (χ4v) is 8.46. The Bertz CT molecular complexity index is 1870. The van der Waals surface area contributed by atoms with Crippen molar-refractivity contribution in [2.75, 3.05) is 19.0 Å². The molecule has 4 heterocycles. The van der Waals surface area contributed by atoms with Crippen LogP contribution in [-0.2, 0) is 21.5 Å². The van der Waals surface area contributed by atoms with Crippen LogP contribution in [0.3, 0.4) is 0 Å². The lowest BCUT2D eigenvalue weighted by Crippen LogP contribution is -2.52. The summed E-state index contributed by atoms with van der Waals surface area (Å²) in [5, 5.41) is 9.76. The van der Waals surface area contributed by atoms with Crippen LogP contribution in [-0.4, -0.2) is 46.3 Å². The van der Waals surface area contributed by atoms with Crippen LogP contribution in [0, 0.1) is 18.7 Å². The van der Waals surface area contributed by atoms with Gasteiger partial charge in [0.15, 0.2) is 0 Å². The number of halogens is 3. The first kappa shape index (κ1) is 29.3. The zero-order chi connectivity index (χ0) is 29.8. The number of hydrogen-bond acceptors (Lipinski definition) is 5. The predicted molar refractivity (Wildman–Crippen MR) is 169 cm³/mol. The number of ether oxygens (including phenoxy) is 1. The number of benzene rings is 3. The maximum Gasteiger partial charge on any atom is 0.338 e. The number of carbonyl (C=O) groups is 2. The van der Waals surface area contributed by atoms with Crippen molar-refractivity contribution < 1.29 is 18.7 Å². The Hall–Kier alpha value is -3.46. The molecule has 1 N–H and O–H groups in total. The van der Waals surface area contributed by atoms with Crippen LogP contribution in [0.5, 0.6) is 0 Å². The topological polar surface area (TPSA) is 76.5 Å². The molecule has 4 atom stereocenters. The Morgan fingerprint density at radius 1 is 1.16 bits per heavy atom. The van der Waals surface area contributed by atoms with Crippen LogP contribution in [0.2, 0.25) is 10.0 Å². The molecule has 4 aliphatic rings. The summed E-state index contributed by atoms with van der Waals surface area (Å²) < 4.78 is 23.3. The molecule has 3 aliphatic heterocycles. The number of carbonyl (C=O) groups excluding carboxylic acids is 2. The third kappa shape index (κ3) is 3.87. The summed E-state index contributed by atoms with van der Waals surface area (Å²) in [6, 6.07) is 13.8. The summed E-state index contributed by atoms with van der Waals surface area (Å²) in [4.78, 5) is 29.4. The molecule has 0 bridgehead atoms. The van der Waals surface area contributed by atoms with Crippen molar-refractivity contribution in [3.05, 3.63) is 92.3 Å². The summed E-state index contributed by atoms with van der Waals surface area (Å²) in [5.74, 6) is -1.32. The van der Waals surface area contributed by atoms with E-state index in [2.05, 4.69) is 10.2 Å². The molecule has 10 heteroatoms. The highest BCUT2D eigenvalue weighted by molar-refractivity contribution is 6.31. The molecule has 3 aromatic carbocycles. The SMILES string of the molecule is C.COC(=O)c1ccc2c3n(nc2c1C)[C@@H]1[C@H](CC3)N(CC2CC2)[C@@]2(C(=O)Nc3cc(Cl)ccc32)[C@H]1c1cccc(Cl)c1F. The Morgan fingerprint density at radius 3 is 2.70 bits per heavy atom. The number of nitrogens with zero attached hydrogens (tertiary/aromatic N) is 3. The van der Waals surface area contributed by atoms with E-state index in [1.807, 2.05) is 23.7 Å². The number of amides is 1. The third-order valence-corrected chi connectivity index (χ3v) is 10.6. The molecule has 2 fully saturated rings. The minimum atomic E-state index is -1.20. The zero-order valence-electron chi connectivity index (χ0n) is 23.7. The van der Waals surface area contributed by atoms with E-state index in [9.17, 15) is 9.59 Å². The summed E-state index contributed by atoms with van der Waals surface area (Å²) >= 11 is 12.8. The second-order valence-electron chi connectivity index (χ2n) is 12.2. The Labute approximate surface area is 265 Å². The summed E-state index contributed by atoms with van der Waals surface area (Å²) in [5.41, 5.74) is 3.54. The highest BCUT2D eigenvalue weighted by Crippen LogP contribution is 2.64. The molecular formula is C34H33Cl2FN4O3. The van der Waals surface area contributed by atoms with Crippen LogP contribution in [0.1, 0.15) is 71.4 Å². The highest BCUT2D eigenvalue weighted by Gasteiger charge is 2.69. The van der Waals surface area contributed by atoms with Gasteiger partial charge in [0, 0.05) is 45.9 Å².